The summed E-state index contributed by atoms with van der Waals surface area (Å²) < 4.78 is 0. The van der Waals surface area contributed by atoms with Crippen LogP contribution in [0.3, 0.4) is 0 Å². The van der Waals surface area contributed by atoms with Gasteiger partial charge in [-0.3, -0.25) is 4.79 Å². The minimum atomic E-state index is 0.00737. The second-order valence-corrected chi connectivity index (χ2v) is 5.72. The van der Waals surface area contributed by atoms with Gasteiger partial charge in [-0.1, -0.05) is 11.6 Å². The van der Waals surface area contributed by atoms with Crippen LogP contribution in [0.25, 0.3) is 0 Å². The number of piperazine rings is 1. The zero-order chi connectivity index (χ0) is 13.9. The van der Waals surface area contributed by atoms with E-state index >= 15 is 0 Å². The fourth-order valence-corrected chi connectivity index (χ4v) is 2.97. The molecule has 7 heteroatoms. The lowest BCUT2D eigenvalue weighted by atomic mass is 10.2. The maximum Gasteiger partial charge on any atom is 0.255 e. The molecule has 1 aliphatic rings. The van der Waals surface area contributed by atoms with Crippen LogP contribution in [0.2, 0.25) is 5.15 Å². The number of pyridine rings is 1. The molecule has 0 atom stereocenters. The Labute approximate surface area is 125 Å². The zero-order valence-electron chi connectivity index (χ0n) is 10.7. The van der Waals surface area contributed by atoms with Crippen LogP contribution in [0.4, 0.5) is 5.13 Å². The van der Waals surface area contributed by atoms with Crippen LogP contribution in [-0.4, -0.2) is 47.0 Å². The summed E-state index contributed by atoms with van der Waals surface area (Å²) in [6.07, 6.45) is 3.33. The van der Waals surface area contributed by atoms with Gasteiger partial charge >= 0.3 is 0 Å². The minimum absolute atomic E-state index is 0.00737. The number of thiazole rings is 1. The summed E-state index contributed by atoms with van der Waals surface area (Å²) in [4.78, 5) is 24.6. The van der Waals surface area contributed by atoms with Gasteiger partial charge in [0, 0.05) is 44.0 Å². The second kappa shape index (κ2) is 5.76. The lowest BCUT2D eigenvalue weighted by Gasteiger charge is -2.34. The van der Waals surface area contributed by atoms with Gasteiger partial charge in [0.2, 0.25) is 0 Å². The predicted molar refractivity (Wildman–Crippen MR) is 79.5 cm³/mol. The number of anilines is 1. The molecule has 1 saturated heterocycles. The SMILES string of the molecule is O=C(c1ccc(Cl)nc1)N1CCN(c2nccs2)CC1. The van der Waals surface area contributed by atoms with Gasteiger partial charge in [0.1, 0.15) is 5.15 Å². The molecule has 0 radical (unpaired) electrons. The fourth-order valence-electron chi connectivity index (χ4n) is 2.16. The number of aromatic nitrogens is 2. The molecule has 1 amide bonds. The molecule has 1 aliphatic heterocycles. The fraction of sp³-hybridized carbons (Fsp3) is 0.308. The highest BCUT2D eigenvalue weighted by Crippen LogP contribution is 2.19. The molecule has 3 rings (SSSR count). The smallest absolute Gasteiger partial charge is 0.255 e. The Morgan fingerprint density at radius 3 is 2.60 bits per heavy atom. The van der Waals surface area contributed by atoms with E-state index in [4.69, 9.17) is 11.6 Å². The molecule has 0 saturated carbocycles. The van der Waals surface area contributed by atoms with Gasteiger partial charge in [-0.25, -0.2) is 9.97 Å². The van der Waals surface area contributed by atoms with Crippen LogP contribution in [0.15, 0.2) is 29.9 Å². The Hall–Kier alpha value is -1.66. The number of hydrogen-bond donors (Lipinski definition) is 0. The first-order chi connectivity index (χ1) is 9.74. The van der Waals surface area contributed by atoms with Crippen molar-refractivity contribution in [1.29, 1.82) is 0 Å². The highest BCUT2D eigenvalue weighted by molar-refractivity contribution is 7.13. The third kappa shape index (κ3) is 2.76. The van der Waals surface area contributed by atoms with E-state index in [9.17, 15) is 4.79 Å². The van der Waals surface area contributed by atoms with Crippen LogP contribution in [0, 0.1) is 0 Å². The average molecular weight is 309 g/mol. The van der Waals surface area contributed by atoms with Crippen molar-refractivity contribution in [2.24, 2.45) is 0 Å². The summed E-state index contributed by atoms with van der Waals surface area (Å²) in [6, 6.07) is 3.35. The van der Waals surface area contributed by atoms with E-state index in [0.29, 0.717) is 23.8 Å². The normalized spacial score (nSPS) is 15.4. The quantitative estimate of drug-likeness (QED) is 0.798. The third-order valence-electron chi connectivity index (χ3n) is 3.23. The Morgan fingerprint density at radius 2 is 2.00 bits per heavy atom. The summed E-state index contributed by atoms with van der Waals surface area (Å²) >= 11 is 7.35. The first kappa shape index (κ1) is 13.3. The number of carbonyl (C=O) groups is 1. The Balaban J connectivity index is 1.63. The van der Waals surface area contributed by atoms with Gasteiger partial charge in [-0.15, -0.1) is 11.3 Å². The molecule has 3 heterocycles. The van der Waals surface area contributed by atoms with Crippen molar-refractivity contribution in [1.82, 2.24) is 14.9 Å². The number of amides is 1. The molecule has 2 aromatic heterocycles. The Morgan fingerprint density at radius 1 is 1.20 bits per heavy atom. The van der Waals surface area contributed by atoms with Crippen LogP contribution in [-0.2, 0) is 0 Å². The maximum absolute atomic E-state index is 12.3. The minimum Gasteiger partial charge on any atom is -0.345 e. The van der Waals surface area contributed by atoms with Crippen LogP contribution in [0.1, 0.15) is 10.4 Å². The van der Waals surface area contributed by atoms with Gasteiger partial charge in [-0.2, -0.15) is 0 Å². The topological polar surface area (TPSA) is 49.3 Å². The number of carbonyl (C=O) groups excluding carboxylic acids is 1. The van der Waals surface area contributed by atoms with E-state index in [1.807, 2.05) is 10.3 Å². The zero-order valence-corrected chi connectivity index (χ0v) is 12.3. The van der Waals surface area contributed by atoms with Gasteiger partial charge < -0.3 is 9.80 Å². The number of hydrogen-bond acceptors (Lipinski definition) is 5. The van der Waals surface area contributed by atoms with Crippen molar-refractivity contribution >= 4 is 34.0 Å². The molecule has 0 unspecified atom stereocenters. The molecule has 1 fully saturated rings. The van der Waals surface area contributed by atoms with Gasteiger partial charge in [0.05, 0.1) is 5.56 Å². The summed E-state index contributed by atoms with van der Waals surface area (Å²) in [6.45, 7) is 3.00. The molecule has 0 N–H and O–H groups in total. The second-order valence-electron chi connectivity index (χ2n) is 4.46. The van der Waals surface area contributed by atoms with Gasteiger partial charge in [0.15, 0.2) is 5.13 Å². The van der Waals surface area contributed by atoms with Gasteiger partial charge in [-0.05, 0) is 12.1 Å². The highest BCUT2D eigenvalue weighted by atomic mass is 35.5. The van der Waals surface area contributed by atoms with E-state index in [2.05, 4.69) is 14.9 Å². The van der Waals surface area contributed by atoms with Crippen LogP contribution < -0.4 is 4.90 Å². The summed E-state index contributed by atoms with van der Waals surface area (Å²) in [7, 11) is 0. The van der Waals surface area contributed by atoms with Crippen LogP contribution >= 0.6 is 22.9 Å². The molecular formula is C13H13ClN4OS. The molecule has 2 aromatic rings. The van der Waals surface area contributed by atoms with Crippen molar-refractivity contribution < 1.29 is 4.79 Å². The standard InChI is InChI=1S/C13H13ClN4OS/c14-11-2-1-10(9-16-11)12(19)17-4-6-18(7-5-17)13-15-3-8-20-13/h1-3,8-9H,4-7H2. The molecule has 0 aliphatic carbocycles. The van der Waals surface area contributed by atoms with Crippen molar-refractivity contribution in [2.45, 2.75) is 0 Å². The molecule has 20 heavy (non-hydrogen) atoms. The number of halogens is 1. The predicted octanol–water partition coefficient (Wildman–Crippen LogP) is 2.15. The Bertz CT molecular complexity index is 579. The van der Waals surface area contributed by atoms with Gasteiger partial charge in [0.25, 0.3) is 5.91 Å². The van der Waals surface area contributed by atoms with Crippen LogP contribution in [0.5, 0.6) is 0 Å². The first-order valence-electron chi connectivity index (χ1n) is 6.29. The Kier molecular flexibility index (Phi) is 3.84. The van der Waals surface area contributed by atoms with Crippen molar-refractivity contribution in [3.8, 4) is 0 Å². The lowest BCUT2D eigenvalue weighted by Crippen LogP contribution is -2.48. The third-order valence-corrected chi connectivity index (χ3v) is 4.29. The summed E-state index contributed by atoms with van der Waals surface area (Å²) in [5, 5.41) is 3.38. The molecule has 0 spiro atoms. The molecule has 0 bridgehead atoms. The summed E-state index contributed by atoms with van der Waals surface area (Å²) in [5.41, 5.74) is 0.581. The first-order valence-corrected chi connectivity index (χ1v) is 7.55. The molecule has 104 valence electrons. The maximum atomic E-state index is 12.3. The van der Waals surface area contributed by atoms with Crippen molar-refractivity contribution in [3.05, 3.63) is 40.6 Å². The van der Waals surface area contributed by atoms with E-state index < -0.39 is 0 Å². The van der Waals surface area contributed by atoms with E-state index in [0.717, 1.165) is 18.2 Å². The largest absolute Gasteiger partial charge is 0.345 e. The summed E-state index contributed by atoms with van der Waals surface area (Å²) in [5.74, 6) is 0.00737. The molecule has 5 nitrogen and oxygen atoms in total. The molecule has 0 aromatic carbocycles. The molecular weight excluding hydrogens is 296 g/mol. The monoisotopic (exact) mass is 308 g/mol. The van der Waals surface area contributed by atoms with E-state index in [1.54, 1.807) is 29.7 Å². The van der Waals surface area contributed by atoms with E-state index in [-0.39, 0.29) is 5.91 Å². The van der Waals surface area contributed by atoms with Crippen molar-refractivity contribution in [3.63, 3.8) is 0 Å². The number of nitrogens with zero attached hydrogens (tertiary/aromatic N) is 4. The van der Waals surface area contributed by atoms with E-state index in [1.165, 1.54) is 6.20 Å². The average Bonchev–Trinajstić information content (AvgIpc) is 3.02. The van der Waals surface area contributed by atoms with Crippen molar-refractivity contribution in [2.75, 3.05) is 31.1 Å². The number of rotatable bonds is 2. The highest BCUT2D eigenvalue weighted by Gasteiger charge is 2.23. The lowest BCUT2D eigenvalue weighted by molar-refractivity contribution is 0.0746.